The number of amides is 1. The molecule has 1 fully saturated rings. The van der Waals surface area contributed by atoms with Crippen LogP contribution in [0, 0.1) is 0 Å². The number of carbonyl (C=O) groups excluding carboxylic acids is 1. The number of rotatable bonds is 7. The molecule has 0 radical (unpaired) electrons. The van der Waals surface area contributed by atoms with Gasteiger partial charge in [-0.2, -0.15) is 11.8 Å². The topological polar surface area (TPSA) is 74.5 Å². The van der Waals surface area contributed by atoms with E-state index in [1.54, 1.807) is 0 Å². The largest absolute Gasteiger partial charge is 0.406 e. The SMILES string of the molecule is CN(C)c1ccc(C(=O)N[C@H](Cc2ccccc2)c2nnc(N3CCSCC3)o2)cc1. The third-order valence-electron chi connectivity index (χ3n) is 5.24. The molecule has 4 rings (SSSR count). The second-order valence-electron chi connectivity index (χ2n) is 7.68. The molecule has 1 N–H and O–H groups in total. The third-order valence-corrected chi connectivity index (χ3v) is 6.19. The molecule has 1 aliphatic rings. The van der Waals surface area contributed by atoms with Crippen molar-refractivity contribution in [2.75, 3.05) is 48.5 Å². The van der Waals surface area contributed by atoms with Gasteiger partial charge in [-0.05, 0) is 29.8 Å². The van der Waals surface area contributed by atoms with Gasteiger partial charge in [-0.25, -0.2) is 0 Å². The first kappa shape index (κ1) is 21.2. The van der Waals surface area contributed by atoms with Crippen LogP contribution in [0.5, 0.6) is 0 Å². The maximum Gasteiger partial charge on any atom is 0.318 e. The fourth-order valence-electron chi connectivity index (χ4n) is 3.45. The van der Waals surface area contributed by atoms with E-state index >= 15 is 0 Å². The molecular weight excluding hydrogens is 410 g/mol. The Morgan fingerprint density at radius 2 is 1.81 bits per heavy atom. The van der Waals surface area contributed by atoms with Crippen molar-refractivity contribution >= 4 is 29.4 Å². The summed E-state index contributed by atoms with van der Waals surface area (Å²) in [7, 11) is 3.94. The van der Waals surface area contributed by atoms with Crippen molar-refractivity contribution in [1.29, 1.82) is 0 Å². The summed E-state index contributed by atoms with van der Waals surface area (Å²) in [5.74, 6) is 2.35. The number of nitrogens with one attached hydrogen (secondary N) is 1. The van der Waals surface area contributed by atoms with Crippen molar-refractivity contribution in [3.8, 4) is 0 Å². The minimum atomic E-state index is -0.413. The quantitative estimate of drug-likeness (QED) is 0.607. The predicted octanol–water partition coefficient (Wildman–Crippen LogP) is 3.40. The van der Waals surface area contributed by atoms with Gasteiger partial charge in [0.05, 0.1) is 0 Å². The van der Waals surface area contributed by atoms with Gasteiger partial charge in [0.25, 0.3) is 5.91 Å². The Morgan fingerprint density at radius 1 is 1.10 bits per heavy atom. The molecule has 8 heteroatoms. The van der Waals surface area contributed by atoms with E-state index in [9.17, 15) is 4.79 Å². The highest BCUT2D eigenvalue weighted by Gasteiger charge is 2.24. The maximum absolute atomic E-state index is 13.0. The van der Waals surface area contributed by atoms with Gasteiger partial charge >= 0.3 is 6.01 Å². The molecule has 7 nitrogen and oxygen atoms in total. The van der Waals surface area contributed by atoms with E-state index in [4.69, 9.17) is 4.42 Å². The van der Waals surface area contributed by atoms with Gasteiger partial charge in [0.15, 0.2) is 0 Å². The Kier molecular flexibility index (Phi) is 6.76. The van der Waals surface area contributed by atoms with Crippen LogP contribution in [-0.4, -0.2) is 54.8 Å². The Bertz CT molecular complexity index is 985. The van der Waals surface area contributed by atoms with Gasteiger partial charge < -0.3 is 19.5 Å². The molecule has 3 aromatic rings. The molecule has 1 aromatic heterocycles. The molecule has 0 saturated carbocycles. The number of benzene rings is 2. The molecule has 2 heterocycles. The zero-order chi connectivity index (χ0) is 21.6. The summed E-state index contributed by atoms with van der Waals surface area (Å²) < 4.78 is 6.02. The second-order valence-corrected chi connectivity index (χ2v) is 8.90. The van der Waals surface area contributed by atoms with E-state index in [0.717, 1.165) is 35.8 Å². The van der Waals surface area contributed by atoms with Crippen molar-refractivity contribution in [3.63, 3.8) is 0 Å². The molecular formula is C23H27N5O2S. The van der Waals surface area contributed by atoms with Crippen LogP contribution in [0.2, 0.25) is 0 Å². The van der Waals surface area contributed by atoms with Crippen molar-refractivity contribution < 1.29 is 9.21 Å². The number of anilines is 2. The van der Waals surface area contributed by atoms with Gasteiger partial charge in [-0.15, -0.1) is 5.10 Å². The summed E-state index contributed by atoms with van der Waals surface area (Å²) in [6.07, 6.45) is 0.569. The van der Waals surface area contributed by atoms with Crippen LogP contribution in [0.15, 0.2) is 59.0 Å². The average Bonchev–Trinajstić information content (AvgIpc) is 3.30. The summed E-state index contributed by atoms with van der Waals surface area (Å²) in [5, 5.41) is 11.6. The summed E-state index contributed by atoms with van der Waals surface area (Å²) >= 11 is 1.93. The first-order chi connectivity index (χ1) is 15.1. The third kappa shape index (κ3) is 5.38. The summed E-state index contributed by atoms with van der Waals surface area (Å²) in [4.78, 5) is 17.1. The number of aromatic nitrogens is 2. The molecule has 0 spiro atoms. The fourth-order valence-corrected chi connectivity index (χ4v) is 4.36. The van der Waals surface area contributed by atoms with E-state index in [-0.39, 0.29) is 5.91 Å². The van der Waals surface area contributed by atoms with Crippen LogP contribution in [0.3, 0.4) is 0 Å². The van der Waals surface area contributed by atoms with Gasteiger partial charge in [-0.1, -0.05) is 35.4 Å². The molecule has 31 heavy (non-hydrogen) atoms. The van der Waals surface area contributed by atoms with Gasteiger partial charge in [0, 0.05) is 56.4 Å². The zero-order valence-electron chi connectivity index (χ0n) is 17.8. The summed E-state index contributed by atoms with van der Waals surface area (Å²) in [6.45, 7) is 1.78. The van der Waals surface area contributed by atoms with Gasteiger partial charge in [-0.3, -0.25) is 4.79 Å². The summed E-state index contributed by atoms with van der Waals surface area (Å²) in [5.41, 5.74) is 2.72. The Labute approximate surface area is 186 Å². The highest BCUT2D eigenvalue weighted by molar-refractivity contribution is 7.99. The predicted molar refractivity (Wildman–Crippen MR) is 125 cm³/mol. The van der Waals surface area contributed by atoms with Crippen LogP contribution >= 0.6 is 11.8 Å². The zero-order valence-corrected chi connectivity index (χ0v) is 18.6. The first-order valence-corrected chi connectivity index (χ1v) is 11.5. The highest BCUT2D eigenvalue weighted by atomic mass is 32.2. The van der Waals surface area contributed by atoms with Crippen molar-refractivity contribution in [3.05, 3.63) is 71.6 Å². The van der Waals surface area contributed by atoms with Crippen molar-refractivity contribution in [1.82, 2.24) is 15.5 Å². The maximum atomic E-state index is 13.0. The standard InChI is InChI=1S/C23H27N5O2S/c1-27(2)19-10-8-18(9-11-19)21(29)24-20(16-17-6-4-3-5-7-17)22-25-26-23(30-22)28-12-14-31-15-13-28/h3-11,20H,12-16H2,1-2H3,(H,24,29)/t20-/m1/s1. The Morgan fingerprint density at radius 3 is 2.48 bits per heavy atom. The summed E-state index contributed by atoms with van der Waals surface area (Å²) in [6, 6.07) is 17.6. The van der Waals surface area contributed by atoms with Crippen molar-refractivity contribution in [2.45, 2.75) is 12.5 Å². The number of nitrogens with zero attached hydrogens (tertiary/aromatic N) is 4. The van der Waals surface area contributed by atoms with E-state index in [1.165, 1.54) is 0 Å². The van der Waals surface area contributed by atoms with Crippen LogP contribution in [-0.2, 0) is 6.42 Å². The normalized spacial score (nSPS) is 14.8. The van der Waals surface area contributed by atoms with Crippen molar-refractivity contribution in [2.24, 2.45) is 0 Å². The first-order valence-electron chi connectivity index (χ1n) is 10.4. The van der Waals surface area contributed by atoms with E-state index < -0.39 is 6.04 Å². The lowest BCUT2D eigenvalue weighted by atomic mass is 10.1. The van der Waals surface area contributed by atoms with Gasteiger partial charge in [0.1, 0.15) is 6.04 Å². The van der Waals surface area contributed by atoms with Crippen LogP contribution in [0.4, 0.5) is 11.7 Å². The Balaban J connectivity index is 1.54. The van der Waals surface area contributed by atoms with Crippen LogP contribution < -0.4 is 15.1 Å². The van der Waals surface area contributed by atoms with E-state index in [0.29, 0.717) is 23.9 Å². The molecule has 2 aromatic carbocycles. The molecule has 0 bridgehead atoms. The van der Waals surface area contributed by atoms with E-state index in [1.807, 2.05) is 85.4 Å². The lowest BCUT2D eigenvalue weighted by molar-refractivity contribution is 0.0930. The van der Waals surface area contributed by atoms with Crippen LogP contribution in [0.25, 0.3) is 0 Å². The lowest BCUT2D eigenvalue weighted by Crippen LogP contribution is -2.32. The van der Waals surface area contributed by atoms with E-state index in [2.05, 4.69) is 20.4 Å². The number of hydrogen-bond acceptors (Lipinski definition) is 7. The molecule has 0 unspecified atom stereocenters. The monoisotopic (exact) mass is 437 g/mol. The molecule has 1 saturated heterocycles. The molecule has 1 aliphatic heterocycles. The molecule has 162 valence electrons. The van der Waals surface area contributed by atoms with Gasteiger partial charge in [0.2, 0.25) is 5.89 Å². The number of thioether (sulfide) groups is 1. The number of hydrogen-bond donors (Lipinski definition) is 1. The fraction of sp³-hybridized carbons (Fsp3) is 0.348. The number of carbonyl (C=O) groups is 1. The minimum absolute atomic E-state index is 0.166. The smallest absolute Gasteiger partial charge is 0.318 e. The molecule has 1 amide bonds. The lowest BCUT2D eigenvalue weighted by Gasteiger charge is -2.24. The Hall–Kier alpha value is -3.00. The highest BCUT2D eigenvalue weighted by Crippen LogP contribution is 2.24. The average molecular weight is 438 g/mol. The minimum Gasteiger partial charge on any atom is -0.406 e. The molecule has 1 atom stereocenters. The second kappa shape index (κ2) is 9.87. The van der Waals surface area contributed by atoms with Crippen LogP contribution in [0.1, 0.15) is 27.9 Å². The molecule has 0 aliphatic carbocycles.